The topological polar surface area (TPSA) is 84.3 Å². The fraction of sp³-hybridized carbons (Fsp3) is 0.333. The minimum Gasteiger partial charge on any atom is -0.369 e. The number of anilines is 2. The number of aromatic nitrogens is 2. The first-order valence-corrected chi connectivity index (χ1v) is 13.2. The number of hydrogen-bond acceptors (Lipinski definition) is 5. The van der Waals surface area contributed by atoms with E-state index in [4.69, 9.17) is 11.6 Å². The number of aryl methyl sites for hydroxylation is 1. The minimum atomic E-state index is -3.49. The molecule has 1 saturated carbocycles. The van der Waals surface area contributed by atoms with Crippen LogP contribution >= 0.6 is 11.6 Å². The zero-order chi connectivity index (χ0) is 25.2. The molecule has 1 unspecified atom stereocenters. The van der Waals surface area contributed by atoms with Crippen LogP contribution in [-0.4, -0.2) is 49.1 Å². The van der Waals surface area contributed by atoms with Crippen molar-refractivity contribution < 1.29 is 22.0 Å². The number of nitrogens with zero attached hydrogens (tertiary/aromatic N) is 3. The maximum absolute atomic E-state index is 13.7. The molecule has 2 aliphatic rings. The molecule has 5 rings (SSSR count). The average molecular weight is 521 g/mol. The maximum atomic E-state index is 13.7. The largest absolute Gasteiger partial charge is 0.369 e. The molecule has 3 heterocycles. The summed E-state index contributed by atoms with van der Waals surface area (Å²) in [6, 6.07) is 9.47. The van der Waals surface area contributed by atoms with Gasteiger partial charge in [0.1, 0.15) is 0 Å². The monoisotopic (exact) mass is 520 g/mol. The number of hydrogen-bond donors (Lipinski definition) is 1. The van der Waals surface area contributed by atoms with Crippen molar-refractivity contribution in [1.82, 2.24) is 9.55 Å². The van der Waals surface area contributed by atoms with Gasteiger partial charge < -0.3 is 14.8 Å². The Labute approximate surface area is 206 Å². The van der Waals surface area contributed by atoms with Crippen molar-refractivity contribution in [2.24, 2.45) is 12.5 Å². The second-order valence-corrected chi connectivity index (χ2v) is 11.8. The highest BCUT2D eigenvalue weighted by atomic mass is 35.5. The lowest BCUT2D eigenvalue weighted by Crippen LogP contribution is -2.22. The SMILES string of the molecule is Cn1cc(C(=O)Nc2cc(Cl)cc(S(C)(=O)=O)c2)cc1-c1ccc(N2CCC3(C2)CC3(F)F)cn1. The molecular formula is C24H23ClF2N4O3S. The van der Waals surface area contributed by atoms with Crippen molar-refractivity contribution in [3.05, 3.63) is 59.4 Å². The first-order valence-electron chi connectivity index (χ1n) is 10.9. The van der Waals surface area contributed by atoms with Crippen LogP contribution in [0.5, 0.6) is 0 Å². The molecular weight excluding hydrogens is 498 g/mol. The number of carbonyl (C=O) groups is 1. The Bertz CT molecular complexity index is 1440. The molecule has 1 aliphatic heterocycles. The number of sulfone groups is 1. The summed E-state index contributed by atoms with van der Waals surface area (Å²) in [5.74, 6) is -3.00. The van der Waals surface area contributed by atoms with Crippen LogP contribution in [0.1, 0.15) is 23.2 Å². The highest BCUT2D eigenvalue weighted by Crippen LogP contribution is 2.65. The van der Waals surface area contributed by atoms with Gasteiger partial charge in [0.15, 0.2) is 9.84 Å². The van der Waals surface area contributed by atoms with Crippen LogP contribution in [0.3, 0.4) is 0 Å². The van der Waals surface area contributed by atoms with E-state index >= 15 is 0 Å². The van der Waals surface area contributed by atoms with Crippen molar-refractivity contribution in [1.29, 1.82) is 0 Å². The van der Waals surface area contributed by atoms with Crippen LogP contribution in [-0.2, 0) is 16.9 Å². The van der Waals surface area contributed by atoms with Gasteiger partial charge in [-0.1, -0.05) is 11.6 Å². The van der Waals surface area contributed by atoms with E-state index in [1.165, 1.54) is 18.2 Å². The molecule has 0 bridgehead atoms. The lowest BCUT2D eigenvalue weighted by Gasteiger charge is -2.18. The van der Waals surface area contributed by atoms with Gasteiger partial charge in [-0.05, 0) is 42.8 Å². The number of carbonyl (C=O) groups excluding carboxylic acids is 1. The Morgan fingerprint density at radius 2 is 1.94 bits per heavy atom. The summed E-state index contributed by atoms with van der Waals surface area (Å²) in [5, 5.41) is 2.87. The zero-order valence-corrected chi connectivity index (χ0v) is 20.6. The van der Waals surface area contributed by atoms with Crippen molar-refractivity contribution in [3.63, 3.8) is 0 Å². The number of amides is 1. The molecule has 7 nitrogen and oxygen atoms in total. The normalized spacial score (nSPS) is 20.9. The summed E-state index contributed by atoms with van der Waals surface area (Å²) in [6.45, 7) is 0.912. The van der Waals surface area contributed by atoms with Gasteiger partial charge in [0.25, 0.3) is 11.8 Å². The van der Waals surface area contributed by atoms with Gasteiger partial charge in [0.2, 0.25) is 0 Å². The standard InChI is InChI=1S/C24H23ClF2N4O3S/c1-30-12-15(22(32)29-17-8-16(25)9-19(10-17)35(2,33)34)7-21(30)20-4-3-18(11-28-20)31-6-5-23(14-31)13-24(23,26)27/h3-4,7-12H,5-6,13-14H2,1-2H3,(H,29,32). The molecule has 2 aromatic heterocycles. The smallest absolute Gasteiger partial charge is 0.257 e. The fourth-order valence-electron chi connectivity index (χ4n) is 4.64. The second kappa shape index (κ2) is 8.03. The van der Waals surface area contributed by atoms with Gasteiger partial charge in [-0.25, -0.2) is 17.2 Å². The molecule has 1 amide bonds. The van der Waals surface area contributed by atoms with E-state index in [0.717, 1.165) is 11.9 Å². The lowest BCUT2D eigenvalue weighted by atomic mass is 10.1. The number of nitrogens with one attached hydrogen (secondary N) is 1. The quantitative estimate of drug-likeness (QED) is 0.530. The molecule has 0 radical (unpaired) electrons. The van der Waals surface area contributed by atoms with E-state index in [1.807, 2.05) is 11.0 Å². The van der Waals surface area contributed by atoms with Crippen molar-refractivity contribution in [3.8, 4) is 11.4 Å². The van der Waals surface area contributed by atoms with Gasteiger partial charge in [-0.3, -0.25) is 9.78 Å². The molecule has 1 aliphatic carbocycles. The van der Waals surface area contributed by atoms with Gasteiger partial charge in [-0.15, -0.1) is 0 Å². The van der Waals surface area contributed by atoms with E-state index in [9.17, 15) is 22.0 Å². The molecule has 35 heavy (non-hydrogen) atoms. The Morgan fingerprint density at radius 1 is 1.20 bits per heavy atom. The number of rotatable bonds is 5. The van der Waals surface area contributed by atoms with Gasteiger partial charge in [-0.2, -0.15) is 0 Å². The second-order valence-electron chi connectivity index (χ2n) is 9.36. The minimum absolute atomic E-state index is 0.00710. The van der Waals surface area contributed by atoms with Crippen LogP contribution in [0.4, 0.5) is 20.2 Å². The maximum Gasteiger partial charge on any atom is 0.257 e. The number of halogens is 3. The zero-order valence-electron chi connectivity index (χ0n) is 19.1. The fourth-order valence-corrected chi connectivity index (χ4v) is 5.62. The summed E-state index contributed by atoms with van der Waals surface area (Å²) in [4.78, 5) is 19.3. The van der Waals surface area contributed by atoms with Crippen LogP contribution in [0, 0.1) is 5.41 Å². The van der Waals surface area contributed by atoms with E-state index in [2.05, 4.69) is 10.3 Å². The number of benzene rings is 1. The summed E-state index contributed by atoms with van der Waals surface area (Å²) < 4.78 is 52.9. The van der Waals surface area contributed by atoms with E-state index in [0.29, 0.717) is 36.5 Å². The number of pyridine rings is 1. The first-order chi connectivity index (χ1) is 16.4. The van der Waals surface area contributed by atoms with Crippen LogP contribution < -0.4 is 10.2 Å². The molecule has 1 N–H and O–H groups in total. The molecule has 3 aromatic rings. The van der Waals surface area contributed by atoms with Crippen LogP contribution in [0.25, 0.3) is 11.4 Å². The first kappa shape index (κ1) is 23.7. The van der Waals surface area contributed by atoms with Crippen molar-refractivity contribution in [2.75, 3.05) is 29.6 Å². The average Bonchev–Trinajstić information content (AvgIpc) is 3.11. The predicted molar refractivity (Wildman–Crippen MR) is 130 cm³/mol. The molecule has 1 aromatic carbocycles. The molecule has 11 heteroatoms. The summed E-state index contributed by atoms with van der Waals surface area (Å²) in [5.41, 5.74) is 1.85. The highest BCUT2D eigenvalue weighted by molar-refractivity contribution is 7.90. The van der Waals surface area contributed by atoms with Gasteiger partial charge in [0, 0.05) is 49.7 Å². The van der Waals surface area contributed by atoms with Crippen molar-refractivity contribution >= 4 is 38.7 Å². The molecule has 1 atom stereocenters. The Morgan fingerprint density at radius 3 is 2.54 bits per heavy atom. The third-order valence-corrected chi connectivity index (χ3v) is 8.08. The summed E-state index contributed by atoms with van der Waals surface area (Å²) >= 11 is 6.02. The third kappa shape index (κ3) is 4.40. The van der Waals surface area contributed by atoms with Crippen molar-refractivity contribution in [2.45, 2.75) is 23.7 Å². The highest BCUT2D eigenvalue weighted by Gasteiger charge is 2.72. The van der Waals surface area contributed by atoms with E-state index in [-0.39, 0.29) is 22.0 Å². The Hall–Kier alpha value is -2.98. The molecule has 184 valence electrons. The summed E-state index contributed by atoms with van der Waals surface area (Å²) in [6.07, 6.45) is 4.81. The Balaban J connectivity index is 1.32. The molecule has 1 spiro atoms. The van der Waals surface area contributed by atoms with Crippen LogP contribution in [0.2, 0.25) is 5.02 Å². The van der Waals surface area contributed by atoms with Crippen LogP contribution in [0.15, 0.2) is 53.7 Å². The van der Waals surface area contributed by atoms with E-state index in [1.54, 1.807) is 36.1 Å². The van der Waals surface area contributed by atoms with E-state index < -0.39 is 27.1 Å². The molecule has 1 saturated heterocycles. The Kier molecular flexibility index (Phi) is 5.45. The van der Waals surface area contributed by atoms with Gasteiger partial charge in [0.05, 0.1) is 39.1 Å². The third-order valence-electron chi connectivity index (χ3n) is 6.76. The number of alkyl halides is 2. The lowest BCUT2D eigenvalue weighted by molar-refractivity contribution is 0.0711. The van der Waals surface area contributed by atoms with Gasteiger partial charge >= 0.3 is 0 Å². The summed E-state index contributed by atoms with van der Waals surface area (Å²) in [7, 11) is -1.71. The molecule has 2 fully saturated rings. The predicted octanol–water partition coefficient (Wildman–Crippen LogP) is 4.63.